The maximum atomic E-state index is 11.9. The van der Waals surface area contributed by atoms with E-state index in [4.69, 9.17) is 9.47 Å². The molecule has 0 aromatic carbocycles. The third-order valence-corrected chi connectivity index (χ3v) is 4.74. The SMILES string of the molecule is C[C@@]1(CNc2nc(CCCN3CCOCC3)cc(=O)[nH]2)CCCO1. The molecule has 0 aliphatic carbocycles. The van der Waals surface area contributed by atoms with Gasteiger partial charge in [-0.1, -0.05) is 0 Å². The first kappa shape index (κ1) is 17.4. The van der Waals surface area contributed by atoms with Gasteiger partial charge in [-0.25, -0.2) is 4.98 Å². The van der Waals surface area contributed by atoms with E-state index in [0.717, 1.165) is 70.8 Å². The van der Waals surface area contributed by atoms with Gasteiger partial charge in [-0.2, -0.15) is 0 Å². The molecule has 2 aliphatic heterocycles. The van der Waals surface area contributed by atoms with Gasteiger partial charge in [-0.05, 0) is 39.2 Å². The lowest BCUT2D eigenvalue weighted by molar-refractivity contribution is 0.0314. The molecular formula is C17H28N4O3. The summed E-state index contributed by atoms with van der Waals surface area (Å²) in [6, 6.07) is 1.60. The number of rotatable bonds is 7. The topological polar surface area (TPSA) is 79.5 Å². The van der Waals surface area contributed by atoms with E-state index in [1.54, 1.807) is 6.07 Å². The second-order valence-electron chi connectivity index (χ2n) is 6.90. The van der Waals surface area contributed by atoms with E-state index in [0.29, 0.717) is 12.5 Å². The number of aryl methyl sites for hydroxylation is 1. The lowest BCUT2D eigenvalue weighted by Crippen LogP contribution is -2.37. The van der Waals surface area contributed by atoms with Crippen LogP contribution in [0, 0.1) is 0 Å². The fraction of sp³-hybridized carbons (Fsp3) is 0.765. The average molecular weight is 336 g/mol. The Balaban J connectivity index is 1.50. The van der Waals surface area contributed by atoms with Crippen LogP contribution in [0.2, 0.25) is 0 Å². The Morgan fingerprint density at radius 2 is 2.21 bits per heavy atom. The molecule has 0 spiro atoms. The summed E-state index contributed by atoms with van der Waals surface area (Å²) in [5, 5.41) is 3.23. The van der Waals surface area contributed by atoms with Crippen molar-refractivity contribution in [1.82, 2.24) is 14.9 Å². The number of ether oxygens (including phenoxy) is 2. The van der Waals surface area contributed by atoms with E-state index in [2.05, 4.69) is 27.1 Å². The highest BCUT2D eigenvalue weighted by atomic mass is 16.5. The summed E-state index contributed by atoms with van der Waals surface area (Å²) in [4.78, 5) is 21.6. The lowest BCUT2D eigenvalue weighted by Gasteiger charge is -2.26. The molecule has 2 fully saturated rings. The Bertz CT molecular complexity index is 577. The van der Waals surface area contributed by atoms with E-state index in [1.165, 1.54) is 0 Å². The second-order valence-corrected chi connectivity index (χ2v) is 6.90. The molecule has 134 valence electrons. The van der Waals surface area contributed by atoms with Crippen molar-refractivity contribution in [3.05, 3.63) is 22.1 Å². The Hall–Kier alpha value is -1.44. The van der Waals surface area contributed by atoms with Crippen LogP contribution in [-0.4, -0.2) is 66.5 Å². The Morgan fingerprint density at radius 3 is 2.96 bits per heavy atom. The summed E-state index contributed by atoms with van der Waals surface area (Å²) in [6.07, 6.45) is 3.92. The number of morpholine rings is 1. The first-order valence-electron chi connectivity index (χ1n) is 8.91. The normalized spacial score (nSPS) is 25.0. The zero-order valence-corrected chi connectivity index (χ0v) is 14.5. The van der Waals surface area contributed by atoms with Crippen molar-refractivity contribution in [2.75, 3.05) is 51.3 Å². The highest BCUT2D eigenvalue weighted by Crippen LogP contribution is 2.24. The number of nitrogens with zero attached hydrogens (tertiary/aromatic N) is 2. The van der Waals surface area contributed by atoms with Crippen LogP contribution in [-0.2, 0) is 15.9 Å². The first-order valence-corrected chi connectivity index (χ1v) is 8.91. The van der Waals surface area contributed by atoms with E-state index in [9.17, 15) is 4.79 Å². The van der Waals surface area contributed by atoms with Crippen molar-refractivity contribution < 1.29 is 9.47 Å². The average Bonchev–Trinajstić information content (AvgIpc) is 3.01. The molecule has 2 saturated heterocycles. The van der Waals surface area contributed by atoms with E-state index in [1.807, 2.05) is 0 Å². The van der Waals surface area contributed by atoms with Gasteiger partial charge in [0.05, 0.1) is 18.8 Å². The highest BCUT2D eigenvalue weighted by molar-refractivity contribution is 5.26. The predicted molar refractivity (Wildman–Crippen MR) is 92.5 cm³/mol. The Labute approximate surface area is 142 Å². The minimum Gasteiger partial charge on any atom is -0.379 e. The van der Waals surface area contributed by atoms with Crippen molar-refractivity contribution >= 4 is 5.95 Å². The molecule has 1 aromatic rings. The lowest BCUT2D eigenvalue weighted by atomic mass is 10.0. The molecule has 7 nitrogen and oxygen atoms in total. The van der Waals surface area contributed by atoms with Gasteiger partial charge in [0.1, 0.15) is 0 Å². The van der Waals surface area contributed by atoms with Crippen LogP contribution in [0.5, 0.6) is 0 Å². The van der Waals surface area contributed by atoms with Crippen molar-refractivity contribution in [2.24, 2.45) is 0 Å². The monoisotopic (exact) mass is 336 g/mol. The summed E-state index contributed by atoms with van der Waals surface area (Å²) in [5.41, 5.74) is 0.573. The van der Waals surface area contributed by atoms with Crippen molar-refractivity contribution in [1.29, 1.82) is 0 Å². The van der Waals surface area contributed by atoms with E-state index < -0.39 is 0 Å². The molecule has 0 amide bonds. The fourth-order valence-corrected chi connectivity index (χ4v) is 3.28. The molecule has 2 aliphatic rings. The van der Waals surface area contributed by atoms with E-state index in [-0.39, 0.29) is 11.2 Å². The molecule has 2 N–H and O–H groups in total. The number of H-pyrrole nitrogens is 1. The van der Waals surface area contributed by atoms with Gasteiger partial charge < -0.3 is 14.8 Å². The van der Waals surface area contributed by atoms with Crippen molar-refractivity contribution in [2.45, 2.75) is 38.2 Å². The zero-order valence-electron chi connectivity index (χ0n) is 14.5. The summed E-state index contributed by atoms with van der Waals surface area (Å²) in [7, 11) is 0. The third-order valence-electron chi connectivity index (χ3n) is 4.74. The van der Waals surface area contributed by atoms with Gasteiger partial charge in [0.15, 0.2) is 0 Å². The summed E-state index contributed by atoms with van der Waals surface area (Å²) < 4.78 is 11.1. The second kappa shape index (κ2) is 8.09. The minimum absolute atomic E-state index is 0.105. The van der Waals surface area contributed by atoms with E-state index >= 15 is 0 Å². The summed E-state index contributed by atoms with van der Waals surface area (Å²) in [6.45, 7) is 8.21. The van der Waals surface area contributed by atoms with Crippen LogP contribution in [0.25, 0.3) is 0 Å². The molecule has 0 unspecified atom stereocenters. The van der Waals surface area contributed by atoms with Crippen LogP contribution in [0.3, 0.4) is 0 Å². The Kier molecular flexibility index (Phi) is 5.86. The van der Waals surface area contributed by atoms with Crippen LogP contribution >= 0.6 is 0 Å². The van der Waals surface area contributed by atoms with Gasteiger partial charge in [-0.15, -0.1) is 0 Å². The standard InChI is InChI=1S/C17H28N4O3/c1-17(5-3-9-24-17)13-18-16-19-14(12-15(22)20-16)4-2-6-21-7-10-23-11-8-21/h12H,2-11,13H2,1H3,(H2,18,19,20,22)/t17-/m0/s1. The number of aromatic amines is 1. The molecule has 0 bridgehead atoms. The number of aromatic nitrogens is 2. The van der Waals surface area contributed by atoms with Crippen LogP contribution in [0.4, 0.5) is 5.95 Å². The van der Waals surface area contributed by atoms with Gasteiger partial charge >= 0.3 is 0 Å². The number of anilines is 1. The highest BCUT2D eigenvalue weighted by Gasteiger charge is 2.29. The third kappa shape index (κ3) is 5.03. The summed E-state index contributed by atoms with van der Waals surface area (Å²) >= 11 is 0. The van der Waals surface area contributed by atoms with Gasteiger partial charge in [-0.3, -0.25) is 14.7 Å². The summed E-state index contributed by atoms with van der Waals surface area (Å²) in [5.74, 6) is 0.542. The molecule has 7 heteroatoms. The molecule has 3 heterocycles. The molecule has 0 saturated carbocycles. The quantitative estimate of drug-likeness (QED) is 0.774. The number of hydrogen-bond acceptors (Lipinski definition) is 6. The molecule has 3 rings (SSSR count). The molecule has 24 heavy (non-hydrogen) atoms. The maximum Gasteiger partial charge on any atom is 0.252 e. The zero-order chi connectivity index (χ0) is 16.8. The van der Waals surface area contributed by atoms with Crippen LogP contribution in [0.1, 0.15) is 31.9 Å². The minimum atomic E-state index is -0.162. The predicted octanol–water partition coefficient (Wildman–Crippen LogP) is 1.02. The number of hydrogen-bond donors (Lipinski definition) is 2. The van der Waals surface area contributed by atoms with Crippen molar-refractivity contribution in [3.8, 4) is 0 Å². The maximum absolute atomic E-state index is 11.9. The first-order chi connectivity index (χ1) is 11.6. The van der Waals surface area contributed by atoms with Crippen molar-refractivity contribution in [3.63, 3.8) is 0 Å². The number of nitrogens with one attached hydrogen (secondary N) is 2. The molecular weight excluding hydrogens is 308 g/mol. The van der Waals surface area contributed by atoms with Crippen LogP contribution in [0.15, 0.2) is 10.9 Å². The largest absolute Gasteiger partial charge is 0.379 e. The van der Waals surface area contributed by atoms with Crippen LogP contribution < -0.4 is 10.9 Å². The molecule has 1 aromatic heterocycles. The van der Waals surface area contributed by atoms with Gasteiger partial charge in [0, 0.05) is 38.0 Å². The molecule has 1 atom stereocenters. The molecule has 0 radical (unpaired) electrons. The fourth-order valence-electron chi connectivity index (χ4n) is 3.28. The Morgan fingerprint density at radius 1 is 1.38 bits per heavy atom. The van der Waals surface area contributed by atoms with Gasteiger partial charge in [0.25, 0.3) is 5.56 Å². The smallest absolute Gasteiger partial charge is 0.252 e. The van der Waals surface area contributed by atoms with Gasteiger partial charge in [0.2, 0.25) is 5.95 Å².